The molecule has 3 amide bonds. The monoisotopic (exact) mass is 572 g/mol. The molecule has 2 atom stereocenters. The van der Waals surface area contributed by atoms with Gasteiger partial charge in [-0.15, -0.1) is 0 Å². The standard InChI is InChI=1S/C34H41FN4O3/c1-34(2,36)21-13-20-31(40)38(4)30(22-25-16-9-11-18-27(25)24-14-7-6-8-15-24)33(42)39(5)29(32(41)37-3)23-26-17-10-12-19-28(26)35/h6-20,29-30H,21-23,36H2,1-5H3,(H,37,41)/t29-,30-/m1/s1. The number of likely N-dealkylation sites (N-methyl/N-ethyl adjacent to an activating group) is 3. The Balaban J connectivity index is 2.00. The summed E-state index contributed by atoms with van der Waals surface area (Å²) in [6, 6.07) is 21.8. The van der Waals surface area contributed by atoms with Crippen molar-refractivity contribution >= 4 is 17.7 Å². The normalized spacial score (nSPS) is 12.9. The van der Waals surface area contributed by atoms with Crippen LogP contribution >= 0.6 is 0 Å². The molecule has 7 nitrogen and oxygen atoms in total. The molecule has 0 aliphatic carbocycles. The van der Waals surface area contributed by atoms with Crippen LogP contribution in [0.1, 0.15) is 31.4 Å². The average Bonchev–Trinajstić information content (AvgIpc) is 2.98. The first kappa shape index (κ1) is 32.2. The number of hydrogen-bond donors (Lipinski definition) is 2. The Kier molecular flexibility index (Phi) is 11.2. The van der Waals surface area contributed by atoms with Gasteiger partial charge in [0.25, 0.3) is 0 Å². The molecular formula is C34H41FN4O3. The number of amides is 3. The maximum Gasteiger partial charge on any atom is 0.246 e. The first-order chi connectivity index (χ1) is 19.9. The number of nitrogens with two attached hydrogens (primary N) is 1. The summed E-state index contributed by atoms with van der Waals surface area (Å²) in [7, 11) is 4.57. The third-order valence-electron chi connectivity index (χ3n) is 7.26. The third kappa shape index (κ3) is 8.60. The molecule has 0 heterocycles. The van der Waals surface area contributed by atoms with Crippen LogP contribution in [-0.2, 0) is 27.2 Å². The molecule has 0 saturated heterocycles. The van der Waals surface area contributed by atoms with Crippen molar-refractivity contribution in [3.8, 4) is 11.1 Å². The molecule has 3 rings (SSSR count). The van der Waals surface area contributed by atoms with Crippen LogP contribution in [0.15, 0.2) is 91.0 Å². The lowest BCUT2D eigenvalue weighted by Gasteiger charge is -2.34. The summed E-state index contributed by atoms with van der Waals surface area (Å²) in [6.07, 6.45) is 3.78. The van der Waals surface area contributed by atoms with E-state index in [0.717, 1.165) is 16.7 Å². The predicted octanol–water partition coefficient (Wildman–Crippen LogP) is 4.36. The van der Waals surface area contributed by atoms with Gasteiger partial charge in [-0.25, -0.2) is 4.39 Å². The topological polar surface area (TPSA) is 95.7 Å². The minimum atomic E-state index is -0.997. The predicted molar refractivity (Wildman–Crippen MR) is 165 cm³/mol. The van der Waals surface area contributed by atoms with E-state index in [9.17, 15) is 18.8 Å². The minimum absolute atomic E-state index is 0.0228. The molecule has 0 bridgehead atoms. The molecule has 0 spiro atoms. The zero-order chi connectivity index (χ0) is 30.9. The summed E-state index contributed by atoms with van der Waals surface area (Å²) in [5.74, 6) is -1.70. The quantitative estimate of drug-likeness (QED) is 0.315. The first-order valence-electron chi connectivity index (χ1n) is 14.0. The number of halogens is 1. The van der Waals surface area contributed by atoms with Crippen molar-refractivity contribution in [2.45, 2.75) is 50.7 Å². The van der Waals surface area contributed by atoms with Gasteiger partial charge >= 0.3 is 0 Å². The van der Waals surface area contributed by atoms with E-state index in [-0.39, 0.29) is 18.7 Å². The second-order valence-electron chi connectivity index (χ2n) is 11.2. The molecule has 42 heavy (non-hydrogen) atoms. The van der Waals surface area contributed by atoms with Gasteiger partial charge in [0.2, 0.25) is 17.7 Å². The number of carbonyl (C=O) groups excluding carboxylic acids is 3. The molecule has 8 heteroatoms. The summed E-state index contributed by atoms with van der Waals surface area (Å²) < 4.78 is 14.6. The van der Waals surface area contributed by atoms with E-state index >= 15 is 0 Å². The fourth-order valence-electron chi connectivity index (χ4n) is 4.76. The van der Waals surface area contributed by atoms with Crippen LogP contribution in [0.25, 0.3) is 11.1 Å². The smallest absolute Gasteiger partial charge is 0.246 e. The lowest BCUT2D eigenvalue weighted by molar-refractivity contribution is -0.146. The zero-order valence-corrected chi connectivity index (χ0v) is 25.0. The van der Waals surface area contributed by atoms with Crippen LogP contribution in [0, 0.1) is 5.82 Å². The summed E-state index contributed by atoms with van der Waals surface area (Å²) in [6.45, 7) is 3.73. The van der Waals surface area contributed by atoms with Crippen molar-refractivity contribution in [1.82, 2.24) is 15.1 Å². The maximum absolute atomic E-state index is 14.6. The van der Waals surface area contributed by atoms with Crippen LogP contribution in [0.3, 0.4) is 0 Å². The van der Waals surface area contributed by atoms with E-state index in [4.69, 9.17) is 5.73 Å². The molecule has 3 aromatic carbocycles. The molecule has 3 N–H and O–H groups in total. The van der Waals surface area contributed by atoms with E-state index in [2.05, 4.69) is 5.32 Å². The SMILES string of the molecule is CNC(=O)[C@@H](Cc1ccccc1F)N(C)C(=O)[C@@H](Cc1ccccc1-c1ccccc1)N(C)C(=O)C=CCC(C)(C)N. The number of nitrogens with one attached hydrogen (secondary N) is 1. The van der Waals surface area contributed by atoms with Gasteiger partial charge in [0.15, 0.2) is 0 Å². The molecule has 0 saturated carbocycles. The second kappa shape index (κ2) is 14.5. The van der Waals surface area contributed by atoms with E-state index < -0.39 is 35.3 Å². The average molecular weight is 573 g/mol. The van der Waals surface area contributed by atoms with Crippen LogP contribution in [0.2, 0.25) is 0 Å². The summed E-state index contributed by atoms with van der Waals surface area (Å²) in [5.41, 5.74) is 8.68. The van der Waals surface area contributed by atoms with Crippen molar-refractivity contribution in [1.29, 1.82) is 0 Å². The van der Waals surface area contributed by atoms with Gasteiger partial charge in [-0.1, -0.05) is 78.9 Å². The second-order valence-corrected chi connectivity index (χ2v) is 11.2. The molecular weight excluding hydrogens is 531 g/mol. The Morgan fingerprint density at radius 2 is 1.43 bits per heavy atom. The Bertz CT molecular complexity index is 1400. The van der Waals surface area contributed by atoms with Gasteiger partial charge in [0, 0.05) is 39.5 Å². The largest absolute Gasteiger partial charge is 0.357 e. The first-order valence-corrected chi connectivity index (χ1v) is 14.0. The molecule has 0 fully saturated rings. The van der Waals surface area contributed by atoms with Crippen molar-refractivity contribution in [2.24, 2.45) is 5.73 Å². The van der Waals surface area contributed by atoms with E-state index in [1.807, 2.05) is 68.4 Å². The number of nitrogens with zero attached hydrogens (tertiary/aromatic N) is 2. The molecule has 0 radical (unpaired) electrons. The Hall–Kier alpha value is -4.30. The lowest BCUT2D eigenvalue weighted by atomic mass is 9.93. The molecule has 0 aliphatic heterocycles. The van der Waals surface area contributed by atoms with Crippen molar-refractivity contribution < 1.29 is 18.8 Å². The lowest BCUT2D eigenvalue weighted by Crippen LogP contribution is -2.55. The number of hydrogen-bond acceptors (Lipinski definition) is 4. The van der Waals surface area contributed by atoms with Crippen molar-refractivity contribution in [3.63, 3.8) is 0 Å². The summed E-state index contributed by atoms with van der Waals surface area (Å²) >= 11 is 0. The van der Waals surface area contributed by atoms with E-state index in [1.54, 1.807) is 31.3 Å². The van der Waals surface area contributed by atoms with Crippen LogP contribution in [0.4, 0.5) is 4.39 Å². The molecule has 0 unspecified atom stereocenters. The molecule has 0 aliphatic rings. The third-order valence-corrected chi connectivity index (χ3v) is 7.26. The highest BCUT2D eigenvalue weighted by molar-refractivity contribution is 5.95. The number of rotatable bonds is 12. The molecule has 222 valence electrons. The highest BCUT2D eigenvalue weighted by Crippen LogP contribution is 2.26. The van der Waals surface area contributed by atoms with E-state index in [0.29, 0.717) is 12.0 Å². The number of carbonyl (C=O) groups is 3. The van der Waals surface area contributed by atoms with Gasteiger partial charge in [0.05, 0.1) is 0 Å². The maximum atomic E-state index is 14.6. The van der Waals surface area contributed by atoms with Crippen LogP contribution < -0.4 is 11.1 Å². The van der Waals surface area contributed by atoms with Crippen molar-refractivity contribution in [3.05, 3.63) is 108 Å². The Labute approximate surface area is 248 Å². The highest BCUT2D eigenvalue weighted by Gasteiger charge is 2.35. The number of benzene rings is 3. The fourth-order valence-corrected chi connectivity index (χ4v) is 4.76. The van der Waals surface area contributed by atoms with Gasteiger partial charge in [-0.2, -0.15) is 0 Å². The van der Waals surface area contributed by atoms with Gasteiger partial charge in [0.1, 0.15) is 17.9 Å². The fraction of sp³-hybridized carbons (Fsp3) is 0.324. The summed E-state index contributed by atoms with van der Waals surface area (Å²) in [4.78, 5) is 43.3. The highest BCUT2D eigenvalue weighted by atomic mass is 19.1. The van der Waals surface area contributed by atoms with Gasteiger partial charge < -0.3 is 20.9 Å². The van der Waals surface area contributed by atoms with Gasteiger partial charge in [-0.3, -0.25) is 14.4 Å². The van der Waals surface area contributed by atoms with Gasteiger partial charge in [-0.05, 0) is 54.7 Å². The van der Waals surface area contributed by atoms with Crippen molar-refractivity contribution in [2.75, 3.05) is 21.1 Å². The summed E-state index contributed by atoms with van der Waals surface area (Å²) in [5, 5.41) is 2.59. The zero-order valence-electron chi connectivity index (χ0n) is 25.0. The van der Waals surface area contributed by atoms with Crippen LogP contribution in [0.5, 0.6) is 0 Å². The molecule has 0 aromatic heterocycles. The molecule has 3 aromatic rings. The van der Waals surface area contributed by atoms with Crippen LogP contribution in [-0.4, -0.2) is 66.3 Å². The Morgan fingerprint density at radius 3 is 2.05 bits per heavy atom. The Morgan fingerprint density at radius 1 is 0.857 bits per heavy atom. The van der Waals surface area contributed by atoms with E-state index in [1.165, 1.54) is 36.0 Å². The minimum Gasteiger partial charge on any atom is -0.357 e.